The molecule has 0 saturated heterocycles. The van der Waals surface area contributed by atoms with Crippen molar-refractivity contribution < 1.29 is 4.42 Å². The van der Waals surface area contributed by atoms with Crippen LogP contribution in [-0.4, -0.2) is 27.4 Å². The minimum Gasteiger partial charge on any atom is -0.403 e. The Balaban J connectivity index is 0.000000574. The van der Waals surface area contributed by atoms with Crippen LogP contribution in [0.3, 0.4) is 0 Å². The second kappa shape index (κ2) is 5.31. The van der Waals surface area contributed by atoms with Crippen molar-refractivity contribution >= 4 is 16.9 Å². The minimum atomic E-state index is 0.405. The van der Waals surface area contributed by atoms with Crippen LogP contribution in [0.25, 0.3) is 22.4 Å². The number of benzene rings is 1. The van der Waals surface area contributed by atoms with Crippen LogP contribution in [0.5, 0.6) is 0 Å². The highest BCUT2D eigenvalue weighted by Gasteiger charge is 2.08. The van der Waals surface area contributed by atoms with Crippen LogP contribution in [0.1, 0.15) is 13.8 Å². The van der Waals surface area contributed by atoms with Gasteiger partial charge in [-0.2, -0.15) is 5.10 Å². The molecule has 6 heteroatoms. The van der Waals surface area contributed by atoms with E-state index in [1.54, 1.807) is 13.2 Å². The lowest BCUT2D eigenvalue weighted by atomic mass is 10.1. The Morgan fingerprint density at radius 2 is 2.06 bits per heavy atom. The number of fused-ring (bicyclic) bond motifs is 1. The van der Waals surface area contributed by atoms with E-state index in [9.17, 15) is 0 Å². The van der Waals surface area contributed by atoms with Crippen molar-refractivity contribution in [3.63, 3.8) is 0 Å². The van der Waals surface area contributed by atoms with Crippen molar-refractivity contribution in [2.45, 2.75) is 13.8 Å². The maximum atomic E-state index is 5.38. The molecule has 0 aliphatic carbocycles. The lowest BCUT2D eigenvalue weighted by molar-refractivity contribution is 0.585. The summed E-state index contributed by atoms with van der Waals surface area (Å²) in [7, 11) is 1.73. The Morgan fingerprint density at radius 3 is 2.78 bits per heavy atom. The summed E-state index contributed by atoms with van der Waals surface area (Å²) in [5.74, 6) is 0.493. The summed E-state index contributed by atoms with van der Waals surface area (Å²) in [6.45, 7) is 4.00. The van der Waals surface area contributed by atoms with Gasteiger partial charge in [-0.1, -0.05) is 18.9 Å². The monoisotopic (exact) mass is 245 g/mol. The summed E-state index contributed by atoms with van der Waals surface area (Å²) in [5, 5.41) is 18.4. The van der Waals surface area contributed by atoms with Gasteiger partial charge < -0.3 is 9.73 Å². The largest absolute Gasteiger partial charge is 0.403 e. The summed E-state index contributed by atoms with van der Waals surface area (Å²) in [6, 6.07) is 6.20. The van der Waals surface area contributed by atoms with Crippen molar-refractivity contribution in [1.82, 2.24) is 20.4 Å². The quantitative estimate of drug-likeness (QED) is 0.725. The maximum Gasteiger partial charge on any atom is 0.315 e. The van der Waals surface area contributed by atoms with Gasteiger partial charge in [0.2, 0.25) is 5.89 Å². The van der Waals surface area contributed by atoms with Gasteiger partial charge in [0, 0.05) is 18.0 Å². The second-order valence-electron chi connectivity index (χ2n) is 3.33. The zero-order valence-corrected chi connectivity index (χ0v) is 10.6. The van der Waals surface area contributed by atoms with Gasteiger partial charge >= 0.3 is 6.01 Å². The summed E-state index contributed by atoms with van der Waals surface area (Å²) >= 11 is 0. The number of hydrogen-bond acceptors (Lipinski definition) is 5. The van der Waals surface area contributed by atoms with E-state index >= 15 is 0 Å². The van der Waals surface area contributed by atoms with Crippen molar-refractivity contribution in [2.75, 3.05) is 12.4 Å². The van der Waals surface area contributed by atoms with Crippen LogP contribution in [0.4, 0.5) is 6.01 Å². The first-order chi connectivity index (χ1) is 8.86. The van der Waals surface area contributed by atoms with E-state index in [1.807, 2.05) is 32.0 Å². The number of aromatic nitrogens is 4. The fourth-order valence-corrected chi connectivity index (χ4v) is 1.52. The molecule has 2 heterocycles. The number of nitrogens with zero attached hydrogens (tertiary/aromatic N) is 3. The summed E-state index contributed by atoms with van der Waals surface area (Å²) in [6.07, 6.45) is 1.76. The molecular formula is C12H15N5O. The molecule has 0 unspecified atom stereocenters. The Morgan fingerprint density at radius 1 is 1.22 bits per heavy atom. The van der Waals surface area contributed by atoms with Crippen LogP contribution < -0.4 is 5.32 Å². The molecule has 0 saturated carbocycles. The van der Waals surface area contributed by atoms with Crippen LogP contribution >= 0.6 is 0 Å². The predicted octanol–water partition coefficient (Wildman–Crippen LogP) is 2.68. The molecule has 0 amide bonds. The third-order valence-electron chi connectivity index (χ3n) is 2.33. The van der Waals surface area contributed by atoms with Crippen molar-refractivity contribution in [3.05, 3.63) is 24.4 Å². The SMILES string of the molecule is CC.CNc1nnc(-c2ccc3[nH]ncc3c2)o1. The highest BCUT2D eigenvalue weighted by molar-refractivity contribution is 5.82. The average Bonchev–Trinajstić information content (AvgIpc) is 3.09. The molecule has 2 aromatic heterocycles. The van der Waals surface area contributed by atoms with E-state index in [1.165, 1.54) is 0 Å². The number of H-pyrrole nitrogens is 1. The predicted molar refractivity (Wildman–Crippen MR) is 70.3 cm³/mol. The molecule has 94 valence electrons. The fraction of sp³-hybridized carbons (Fsp3) is 0.250. The zero-order chi connectivity index (χ0) is 13.0. The average molecular weight is 245 g/mol. The van der Waals surface area contributed by atoms with E-state index in [0.717, 1.165) is 16.5 Å². The van der Waals surface area contributed by atoms with Gasteiger partial charge in [0.15, 0.2) is 0 Å². The number of anilines is 1. The third-order valence-corrected chi connectivity index (χ3v) is 2.33. The molecular weight excluding hydrogens is 230 g/mol. The molecule has 0 aliphatic heterocycles. The minimum absolute atomic E-state index is 0.405. The third kappa shape index (κ3) is 2.17. The lowest BCUT2D eigenvalue weighted by Crippen LogP contribution is -1.85. The van der Waals surface area contributed by atoms with Crippen molar-refractivity contribution in [1.29, 1.82) is 0 Å². The molecule has 18 heavy (non-hydrogen) atoms. The van der Waals surface area contributed by atoms with Crippen LogP contribution in [0.2, 0.25) is 0 Å². The van der Waals surface area contributed by atoms with E-state index in [2.05, 4.69) is 25.7 Å². The molecule has 0 fully saturated rings. The van der Waals surface area contributed by atoms with Gasteiger partial charge in [0.05, 0.1) is 11.7 Å². The van der Waals surface area contributed by atoms with Gasteiger partial charge in [-0.05, 0) is 18.2 Å². The van der Waals surface area contributed by atoms with E-state index in [-0.39, 0.29) is 0 Å². The van der Waals surface area contributed by atoms with Crippen molar-refractivity contribution in [2.24, 2.45) is 0 Å². The lowest BCUT2D eigenvalue weighted by Gasteiger charge is -1.94. The molecule has 0 bridgehead atoms. The Hall–Kier alpha value is -2.37. The highest BCUT2D eigenvalue weighted by atomic mass is 16.4. The van der Waals surface area contributed by atoms with Crippen LogP contribution in [-0.2, 0) is 0 Å². The molecule has 0 atom stereocenters. The van der Waals surface area contributed by atoms with Crippen LogP contribution in [0, 0.1) is 0 Å². The van der Waals surface area contributed by atoms with E-state index in [4.69, 9.17) is 4.42 Å². The first kappa shape index (κ1) is 12.1. The van der Waals surface area contributed by atoms with Gasteiger partial charge in [0.25, 0.3) is 0 Å². The number of rotatable bonds is 2. The van der Waals surface area contributed by atoms with Gasteiger partial charge in [-0.15, -0.1) is 5.10 Å². The Kier molecular flexibility index (Phi) is 3.57. The van der Waals surface area contributed by atoms with E-state index in [0.29, 0.717) is 11.9 Å². The second-order valence-corrected chi connectivity index (χ2v) is 3.33. The smallest absolute Gasteiger partial charge is 0.315 e. The van der Waals surface area contributed by atoms with Crippen molar-refractivity contribution in [3.8, 4) is 11.5 Å². The molecule has 0 spiro atoms. The first-order valence-electron chi connectivity index (χ1n) is 5.81. The fourth-order valence-electron chi connectivity index (χ4n) is 1.52. The van der Waals surface area contributed by atoms with Gasteiger partial charge in [0.1, 0.15) is 0 Å². The summed E-state index contributed by atoms with van der Waals surface area (Å²) < 4.78 is 5.38. The molecule has 2 N–H and O–H groups in total. The molecule has 3 rings (SSSR count). The Bertz CT molecular complexity index is 628. The highest BCUT2D eigenvalue weighted by Crippen LogP contribution is 2.23. The first-order valence-corrected chi connectivity index (χ1v) is 5.81. The summed E-state index contributed by atoms with van der Waals surface area (Å²) in [4.78, 5) is 0. The van der Waals surface area contributed by atoms with E-state index < -0.39 is 0 Å². The molecule has 6 nitrogen and oxygen atoms in total. The Labute approximate surface area is 104 Å². The zero-order valence-electron chi connectivity index (χ0n) is 10.6. The number of aromatic amines is 1. The standard InChI is InChI=1S/C10H9N5O.C2H6/c1-11-10-15-14-9(16-10)6-2-3-8-7(4-6)5-12-13-8;1-2/h2-5H,1H3,(H,11,15)(H,12,13);1-2H3. The van der Waals surface area contributed by atoms with Crippen LogP contribution in [0.15, 0.2) is 28.8 Å². The molecule has 3 aromatic rings. The van der Waals surface area contributed by atoms with Gasteiger partial charge in [-0.25, -0.2) is 0 Å². The number of nitrogens with one attached hydrogen (secondary N) is 2. The normalized spacial score (nSPS) is 9.94. The summed E-state index contributed by atoms with van der Waals surface area (Å²) in [5.41, 5.74) is 1.86. The molecule has 0 aliphatic rings. The molecule has 1 aromatic carbocycles. The maximum absolute atomic E-state index is 5.38. The molecule has 0 radical (unpaired) electrons. The van der Waals surface area contributed by atoms with Gasteiger partial charge in [-0.3, -0.25) is 5.10 Å². The number of hydrogen-bond donors (Lipinski definition) is 2. The topological polar surface area (TPSA) is 79.6 Å².